The maximum atomic E-state index is 12.4. The number of halogens is 1. The van der Waals surface area contributed by atoms with E-state index in [9.17, 15) is 4.79 Å². The van der Waals surface area contributed by atoms with Crippen LogP contribution in [-0.2, 0) is 11.2 Å². The van der Waals surface area contributed by atoms with Crippen LogP contribution in [0.4, 0.5) is 0 Å². The van der Waals surface area contributed by atoms with E-state index in [0.717, 1.165) is 17.7 Å². The minimum absolute atomic E-state index is 0.0444. The number of nitrogens with zero attached hydrogens (tertiary/aromatic N) is 4. The van der Waals surface area contributed by atoms with Crippen molar-refractivity contribution in [2.75, 3.05) is 12.3 Å². The van der Waals surface area contributed by atoms with Crippen LogP contribution in [0, 0.1) is 0 Å². The van der Waals surface area contributed by atoms with Crippen LogP contribution in [0.1, 0.15) is 5.56 Å². The molecule has 1 N–H and O–H groups in total. The molecule has 0 fully saturated rings. The third-order valence-corrected chi connectivity index (χ3v) is 5.75. The zero-order valence-electron chi connectivity index (χ0n) is 16.6. The molecule has 0 bridgehead atoms. The van der Waals surface area contributed by atoms with E-state index in [1.54, 1.807) is 12.4 Å². The first-order chi connectivity index (χ1) is 15.2. The van der Waals surface area contributed by atoms with E-state index in [0.29, 0.717) is 22.5 Å². The molecule has 31 heavy (non-hydrogen) atoms. The average Bonchev–Trinajstić information content (AvgIpc) is 3.23. The normalized spacial score (nSPS) is 10.7. The zero-order valence-corrected chi connectivity index (χ0v) is 18.2. The standard InChI is InChI=1S/C23H20ClN5OS/c24-19-6-8-20(9-7-19)29-22(18-11-13-25-14-12-18)27-28-23(29)31-16-21(30)26-15-10-17-4-2-1-3-5-17/h1-9,11-14H,10,15-16H2,(H,26,30). The fourth-order valence-electron chi connectivity index (χ4n) is 3.05. The number of carbonyl (C=O) groups is 1. The molecule has 0 aliphatic heterocycles. The summed E-state index contributed by atoms with van der Waals surface area (Å²) in [4.78, 5) is 16.4. The molecule has 0 saturated carbocycles. The van der Waals surface area contributed by atoms with Gasteiger partial charge < -0.3 is 5.32 Å². The van der Waals surface area contributed by atoms with E-state index in [1.807, 2.05) is 59.2 Å². The number of carbonyl (C=O) groups excluding carboxylic acids is 1. The molecule has 0 aliphatic carbocycles. The van der Waals surface area contributed by atoms with Crippen molar-refractivity contribution >= 4 is 29.3 Å². The topological polar surface area (TPSA) is 72.7 Å². The maximum Gasteiger partial charge on any atom is 0.230 e. The lowest BCUT2D eigenvalue weighted by Gasteiger charge is -2.10. The number of benzene rings is 2. The minimum atomic E-state index is -0.0444. The largest absolute Gasteiger partial charge is 0.355 e. The Bertz CT molecular complexity index is 1130. The number of pyridine rings is 1. The molecule has 2 aromatic heterocycles. The summed E-state index contributed by atoms with van der Waals surface area (Å²) in [5.74, 6) is 0.880. The van der Waals surface area contributed by atoms with Gasteiger partial charge in [0.1, 0.15) is 0 Å². The van der Waals surface area contributed by atoms with Gasteiger partial charge in [-0.1, -0.05) is 53.7 Å². The summed E-state index contributed by atoms with van der Waals surface area (Å²) in [6.07, 6.45) is 4.22. The molecule has 0 unspecified atom stereocenters. The highest BCUT2D eigenvalue weighted by Gasteiger charge is 2.17. The van der Waals surface area contributed by atoms with Gasteiger partial charge in [0.15, 0.2) is 11.0 Å². The molecular weight excluding hydrogens is 430 g/mol. The monoisotopic (exact) mass is 449 g/mol. The second-order valence-electron chi connectivity index (χ2n) is 6.73. The van der Waals surface area contributed by atoms with Crippen LogP contribution in [0.25, 0.3) is 17.1 Å². The Balaban J connectivity index is 1.47. The van der Waals surface area contributed by atoms with Gasteiger partial charge in [-0.3, -0.25) is 14.3 Å². The fraction of sp³-hybridized carbons (Fsp3) is 0.130. The molecule has 2 aromatic carbocycles. The number of amides is 1. The third kappa shape index (κ3) is 5.51. The second kappa shape index (κ2) is 10.2. The van der Waals surface area contributed by atoms with E-state index in [4.69, 9.17) is 11.6 Å². The highest BCUT2D eigenvalue weighted by Crippen LogP contribution is 2.28. The molecule has 0 aliphatic rings. The summed E-state index contributed by atoms with van der Waals surface area (Å²) in [7, 11) is 0. The van der Waals surface area contributed by atoms with Gasteiger partial charge in [-0.25, -0.2) is 0 Å². The molecule has 0 spiro atoms. The van der Waals surface area contributed by atoms with Gasteiger partial charge in [0.25, 0.3) is 0 Å². The SMILES string of the molecule is O=C(CSc1nnc(-c2ccncc2)n1-c1ccc(Cl)cc1)NCCc1ccccc1. The smallest absolute Gasteiger partial charge is 0.230 e. The molecule has 4 aromatic rings. The van der Waals surface area contributed by atoms with Crippen molar-refractivity contribution in [1.82, 2.24) is 25.1 Å². The molecule has 156 valence electrons. The summed E-state index contributed by atoms with van der Waals surface area (Å²) in [5.41, 5.74) is 2.95. The number of hydrogen-bond donors (Lipinski definition) is 1. The Morgan fingerprint density at radius 1 is 0.968 bits per heavy atom. The van der Waals surface area contributed by atoms with E-state index in [-0.39, 0.29) is 11.7 Å². The molecule has 0 atom stereocenters. The number of aromatic nitrogens is 4. The van der Waals surface area contributed by atoms with E-state index in [1.165, 1.54) is 17.3 Å². The van der Waals surface area contributed by atoms with Crippen molar-refractivity contribution in [3.63, 3.8) is 0 Å². The molecule has 0 saturated heterocycles. The molecule has 2 heterocycles. The Hall–Kier alpha value is -3.16. The van der Waals surface area contributed by atoms with Gasteiger partial charge in [-0.2, -0.15) is 0 Å². The quantitative estimate of drug-likeness (QED) is 0.403. The molecule has 4 rings (SSSR count). The number of hydrogen-bond acceptors (Lipinski definition) is 5. The van der Waals surface area contributed by atoms with Gasteiger partial charge in [-0.05, 0) is 48.4 Å². The molecule has 0 radical (unpaired) electrons. The van der Waals surface area contributed by atoms with Crippen LogP contribution >= 0.6 is 23.4 Å². The van der Waals surface area contributed by atoms with E-state index in [2.05, 4.69) is 32.6 Å². The van der Waals surface area contributed by atoms with E-state index < -0.39 is 0 Å². The highest BCUT2D eigenvalue weighted by molar-refractivity contribution is 7.99. The number of thioether (sulfide) groups is 1. The predicted molar refractivity (Wildman–Crippen MR) is 123 cm³/mol. The van der Waals surface area contributed by atoms with Gasteiger partial charge >= 0.3 is 0 Å². The number of rotatable bonds is 8. The van der Waals surface area contributed by atoms with Crippen molar-refractivity contribution in [2.45, 2.75) is 11.6 Å². The minimum Gasteiger partial charge on any atom is -0.355 e. The summed E-state index contributed by atoms with van der Waals surface area (Å²) in [6, 6.07) is 21.3. The predicted octanol–water partition coefficient (Wildman–Crippen LogP) is 4.43. The molecule has 6 nitrogen and oxygen atoms in total. The zero-order chi connectivity index (χ0) is 21.5. The first kappa shape index (κ1) is 21.1. The summed E-state index contributed by atoms with van der Waals surface area (Å²) in [6.45, 7) is 0.593. The third-order valence-electron chi connectivity index (χ3n) is 4.57. The lowest BCUT2D eigenvalue weighted by molar-refractivity contribution is -0.118. The van der Waals surface area contributed by atoms with Crippen LogP contribution < -0.4 is 5.32 Å². The van der Waals surface area contributed by atoms with Crippen LogP contribution in [0.15, 0.2) is 84.3 Å². The van der Waals surface area contributed by atoms with Crippen molar-refractivity contribution in [2.24, 2.45) is 0 Å². The Morgan fingerprint density at radius 3 is 2.45 bits per heavy atom. The number of nitrogens with one attached hydrogen (secondary N) is 1. The maximum absolute atomic E-state index is 12.4. The Morgan fingerprint density at radius 2 is 1.71 bits per heavy atom. The molecule has 8 heteroatoms. The van der Waals surface area contributed by atoms with Crippen molar-refractivity contribution in [1.29, 1.82) is 0 Å². The molecule has 1 amide bonds. The Labute approximate surface area is 189 Å². The first-order valence-electron chi connectivity index (χ1n) is 9.76. The van der Waals surface area contributed by atoms with Gasteiger partial charge in [-0.15, -0.1) is 10.2 Å². The lowest BCUT2D eigenvalue weighted by atomic mass is 10.1. The summed E-state index contributed by atoms with van der Waals surface area (Å²) in [5, 5.41) is 12.9. The van der Waals surface area contributed by atoms with Crippen LogP contribution in [0.5, 0.6) is 0 Å². The first-order valence-corrected chi connectivity index (χ1v) is 11.1. The second-order valence-corrected chi connectivity index (χ2v) is 8.11. The van der Waals surface area contributed by atoms with Crippen LogP contribution in [0.2, 0.25) is 5.02 Å². The average molecular weight is 450 g/mol. The highest BCUT2D eigenvalue weighted by atomic mass is 35.5. The van der Waals surface area contributed by atoms with Crippen molar-refractivity contribution in [3.05, 3.63) is 89.7 Å². The van der Waals surface area contributed by atoms with Gasteiger partial charge in [0.05, 0.1) is 5.75 Å². The summed E-state index contributed by atoms with van der Waals surface area (Å²) >= 11 is 7.40. The fourth-order valence-corrected chi connectivity index (χ4v) is 3.95. The van der Waals surface area contributed by atoms with Gasteiger partial charge in [0.2, 0.25) is 5.91 Å². The van der Waals surface area contributed by atoms with Crippen molar-refractivity contribution in [3.8, 4) is 17.1 Å². The Kier molecular flexibility index (Phi) is 6.96. The lowest BCUT2D eigenvalue weighted by Crippen LogP contribution is -2.27. The van der Waals surface area contributed by atoms with Gasteiger partial charge in [0, 0.05) is 35.2 Å². The van der Waals surface area contributed by atoms with E-state index >= 15 is 0 Å². The molecular formula is C23H20ClN5OS. The van der Waals surface area contributed by atoms with Crippen molar-refractivity contribution < 1.29 is 4.79 Å². The van der Waals surface area contributed by atoms with Crippen LogP contribution in [-0.4, -0.2) is 38.0 Å². The van der Waals surface area contributed by atoms with Crippen LogP contribution in [0.3, 0.4) is 0 Å². The summed E-state index contributed by atoms with van der Waals surface area (Å²) < 4.78 is 1.92.